The highest BCUT2D eigenvalue weighted by atomic mass is 127. The average Bonchev–Trinajstić information content (AvgIpc) is 1.05. The van der Waals surface area contributed by atoms with Crippen LogP contribution in [0.25, 0.3) is 0 Å². The van der Waals surface area contributed by atoms with E-state index >= 15 is 0 Å². The Kier molecular flexibility index (Phi) is 46.4. The van der Waals surface area contributed by atoms with E-state index in [1.165, 1.54) is 142 Å². The van der Waals surface area contributed by atoms with Crippen LogP contribution in [-0.4, -0.2) is 202 Å². The number of anilines is 6. The number of thioether (sulfide) groups is 1. The summed E-state index contributed by atoms with van der Waals surface area (Å²) in [7, 11) is 0. The molecule has 5 aromatic carbocycles. The van der Waals surface area contributed by atoms with Crippen molar-refractivity contribution >= 4 is 179 Å². The number of ketones is 2. The number of nitro benzene ring substituents is 3. The number of benzene rings is 5. The summed E-state index contributed by atoms with van der Waals surface area (Å²) in [6, 6.07) is 34.6. The molecular formula is C91H126ClIN16O14S3. The molecule has 35 heteroatoms. The zero-order valence-electron chi connectivity index (χ0n) is 71.8. The van der Waals surface area contributed by atoms with Gasteiger partial charge in [-0.05, 0) is 289 Å². The van der Waals surface area contributed by atoms with E-state index in [2.05, 4.69) is 57.2 Å². The van der Waals surface area contributed by atoms with Crippen molar-refractivity contribution in [3.05, 3.63) is 194 Å². The number of nitrogen functional groups attached to an aromatic ring is 1. The standard InChI is InChI=1S/C21H26N4OS.C16H21N3O3.C16H23N3O.C12H12N2O4.C9H8N2O3.C6H7NS2.C4H9N.C3H5ClO.C2H6O.2CH4.HI/c1-15(24-10-2-3-11-24)14-25-18-8-7-17(13-16(18)6-9-20(25)26)23-21(22)19-5-4-12-27-19;1-12(17-8-2-3-9-17)11-18-15-6-5-14(19(21)22)10-13(15)4-7-16(18)20;1-12(18-8-2-3-9-18)11-19-15-6-5-14(17)10-13(15)4-7-16(19)20;1-8(15)7-13-11-4-3-10(14(17)18)6-9(11)2-5-12(13)16;12-9-4-1-6-5-7(11(13)14)2-3-8(6)10-9;1-8-6(7)5-3-2-4-9-5;1-2-4-5-3-1;1-3(5)2-4;1-2-3;;;/h4-5,7-8,12-13,15H,2-3,6,9-11,14H2,1H3,(H2,22,23);5-6,10,12H,2-4,7-9,11H2,1H3;5-6,10,12H,2-4,7-9,11,17H2,1H3;3-4,6H,2,5,7H2,1H3;2-3,5H,1,4H2,(H,10,12);2-4,7H,1H3;5H,1-4H2;2H2,1H3;3H,2H2,1H3;2*1H4;1H. The van der Waals surface area contributed by atoms with Crippen molar-refractivity contribution in [3.8, 4) is 0 Å². The van der Waals surface area contributed by atoms with Crippen molar-refractivity contribution in [2.24, 2.45) is 10.7 Å². The molecule has 30 nitrogen and oxygen atoms in total. The summed E-state index contributed by atoms with van der Waals surface area (Å²) < 4.78 is 0. The summed E-state index contributed by atoms with van der Waals surface area (Å²) in [5, 5.41) is 57.5. The predicted molar refractivity (Wildman–Crippen MR) is 522 cm³/mol. The lowest BCUT2D eigenvalue weighted by Crippen LogP contribution is -2.45. The van der Waals surface area contributed by atoms with Gasteiger partial charge in [0, 0.05) is 147 Å². The number of aliphatic hydroxyl groups excluding tert-OH is 1. The summed E-state index contributed by atoms with van der Waals surface area (Å²) in [4.78, 5) is 133. The van der Waals surface area contributed by atoms with Gasteiger partial charge in [-0.3, -0.25) is 84.0 Å². The third-order valence-electron chi connectivity index (χ3n) is 21.8. The quantitative estimate of drug-likeness (QED) is 0.00884. The molecule has 2 aromatic heterocycles. The molecule has 0 bridgehead atoms. The minimum absolute atomic E-state index is 0. The fraction of sp³-hybridized carbons (Fsp3) is 0.484. The zero-order chi connectivity index (χ0) is 89.2. The predicted octanol–water partition coefficient (Wildman–Crippen LogP) is 16.4. The van der Waals surface area contributed by atoms with Gasteiger partial charge in [0.2, 0.25) is 29.5 Å². The molecule has 3 unspecified atom stereocenters. The first kappa shape index (κ1) is 107. The fourth-order valence-corrected chi connectivity index (χ4v) is 17.3. The van der Waals surface area contributed by atoms with E-state index in [0.29, 0.717) is 91.9 Å². The number of aryl methyl sites for hydroxylation is 5. The highest BCUT2D eigenvalue weighted by molar-refractivity contribution is 14.0. The van der Waals surface area contributed by atoms with E-state index in [1.807, 2.05) is 86.3 Å². The number of non-ortho nitro benzene ring substituents is 3. The summed E-state index contributed by atoms with van der Waals surface area (Å²) in [6.45, 7) is 22.9. The zero-order valence-corrected chi connectivity index (χ0v) is 77.4. The van der Waals surface area contributed by atoms with Crippen LogP contribution in [0.5, 0.6) is 0 Å². The number of likely N-dealkylation sites (tertiary alicyclic amines) is 3. The van der Waals surface area contributed by atoms with Gasteiger partial charge in [-0.2, -0.15) is 0 Å². The van der Waals surface area contributed by atoms with Gasteiger partial charge in [-0.15, -0.1) is 70.0 Å². The monoisotopic (exact) mass is 1920 g/mol. The van der Waals surface area contributed by atoms with Gasteiger partial charge in [0.15, 0.2) is 0 Å². The van der Waals surface area contributed by atoms with Crippen LogP contribution in [-0.2, 0) is 65.7 Å². The maximum absolute atomic E-state index is 12.6. The number of amidine groups is 1. The van der Waals surface area contributed by atoms with E-state index in [-0.39, 0.29) is 127 Å². The first-order chi connectivity index (χ1) is 59.0. The number of nitro groups is 3. The number of nitrogens with zero attached hydrogens (tertiary/aromatic N) is 11. The fourth-order valence-electron chi connectivity index (χ4n) is 15.4. The van der Waals surface area contributed by atoms with Crippen molar-refractivity contribution < 1.29 is 53.4 Å². The summed E-state index contributed by atoms with van der Waals surface area (Å²) >= 11 is 9.66. The van der Waals surface area contributed by atoms with Crippen molar-refractivity contribution in [2.45, 2.75) is 190 Å². The largest absolute Gasteiger partial charge is 0.399 e. The van der Waals surface area contributed by atoms with Gasteiger partial charge in [-0.1, -0.05) is 27.0 Å². The topological polar surface area (TPSA) is 404 Å². The molecule has 7 aromatic rings. The van der Waals surface area contributed by atoms with E-state index < -0.39 is 9.85 Å². The molecule has 686 valence electrons. The lowest BCUT2D eigenvalue weighted by Gasteiger charge is -2.34. The molecular weight excluding hydrogens is 1800 g/mol. The van der Waals surface area contributed by atoms with E-state index in [9.17, 15) is 63.9 Å². The maximum atomic E-state index is 12.6. The number of halogens is 2. The molecule has 4 fully saturated rings. The van der Waals surface area contributed by atoms with Crippen molar-refractivity contribution in [1.82, 2.24) is 20.0 Å². The number of alkyl halides is 1. The van der Waals surface area contributed by atoms with Crippen molar-refractivity contribution in [1.29, 1.82) is 5.41 Å². The highest BCUT2D eigenvalue weighted by Gasteiger charge is 2.34. The minimum Gasteiger partial charge on any atom is -0.399 e. The number of carbonyl (C=O) groups excluding carboxylic acids is 7. The number of fused-ring (bicyclic) bond motifs is 5. The summed E-state index contributed by atoms with van der Waals surface area (Å²) in [6.07, 6.45) is 17.7. The van der Waals surface area contributed by atoms with Crippen LogP contribution in [0.3, 0.4) is 0 Å². The van der Waals surface area contributed by atoms with Crippen LogP contribution in [0.4, 0.5) is 56.9 Å². The van der Waals surface area contributed by atoms with Gasteiger partial charge >= 0.3 is 0 Å². The number of amides is 5. The number of aliphatic hydroxyl groups is 1. The minimum atomic E-state index is -0.466. The number of hydrogen-bond acceptors (Lipinski definition) is 24. The Labute approximate surface area is 775 Å². The third kappa shape index (κ3) is 32.7. The van der Waals surface area contributed by atoms with E-state index in [4.69, 9.17) is 33.6 Å². The molecule has 0 saturated carbocycles. The second-order valence-electron chi connectivity index (χ2n) is 31.1. The van der Waals surface area contributed by atoms with E-state index in [1.54, 1.807) is 47.8 Å². The number of nitrogens with two attached hydrogens (primary N) is 2. The second kappa shape index (κ2) is 54.6. The second-order valence-corrected chi connectivity index (χ2v) is 34.0. The van der Waals surface area contributed by atoms with Crippen LogP contribution >= 0.6 is 70.0 Å². The molecule has 4 saturated heterocycles. The van der Waals surface area contributed by atoms with Gasteiger partial charge in [0.1, 0.15) is 22.4 Å². The van der Waals surface area contributed by atoms with Crippen LogP contribution in [0, 0.1) is 35.8 Å². The molecule has 3 atom stereocenters. The molecule has 9 aliphatic heterocycles. The van der Waals surface area contributed by atoms with Gasteiger partial charge in [0.25, 0.3) is 17.1 Å². The van der Waals surface area contributed by atoms with Gasteiger partial charge < -0.3 is 46.8 Å². The molecule has 0 spiro atoms. The summed E-state index contributed by atoms with van der Waals surface area (Å²) in [5.41, 5.74) is 22.9. The molecule has 126 heavy (non-hydrogen) atoms. The van der Waals surface area contributed by atoms with Crippen LogP contribution in [0.2, 0.25) is 0 Å². The molecule has 0 aliphatic carbocycles. The molecule has 5 amide bonds. The Balaban J connectivity index is 0.000000264. The smallest absolute Gasteiger partial charge is 0.269 e. The molecule has 9 aliphatic rings. The Morgan fingerprint density at radius 1 is 0.532 bits per heavy atom. The first-order valence-electron chi connectivity index (χ1n) is 42.0. The lowest BCUT2D eigenvalue weighted by atomic mass is 9.99. The Hall–Kier alpha value is -9.50. The number of thiophene rings is 2. The SMILES string of the molecule is C.C.C1CCNC1.CC(=O)CCl.CC(=O)CN1C(=O)CCc2cc([N+](=O)[O-])ccc21.CC(CN1C(=O)CCc2cc(N)ccc21)N1CCCC1.CC(CN1C(=O)CCc2cc(N=C(N)c3cccs3)ccc21)N1CCCC1.CC(CN1C(=O)CCc2cc([N+](=O)[O-])ccc21)N1CCCC1.CCO.CSC(=N)c1cccs1.I.O=C1CCc2cc([N+](=O)[O-])ccc2N1. The van der Waals surface area contributed by atoms with Crippen molar-refractivity contribution in [2.75, 3.05) is 128 Å². The number of hydrogen-bond donors (Lipinski definition) is 6. The summed E-state index contributed by atoms with van der Waals surface area (Å²) in [5.74, 6) is 1.01. The Morgan fingerprint density at radius 3 is 1.26 bits per heavy atom. The Bertz CT molecular complexity index is 4790. The van der Waals surface area contributed by atoms with Crippen molar-refractivity contribution in [3.63, 3.8) is 0 Å². The number of carbonyl (C=O) groups is 7. The van der Waals surface area contributed by atoms with Crippen LogP contribution < -0.4 is 41.7 Å². The van der Waals surface area contributed by atoms with Gasteiger partial charge in [0.05, 0.1) is 42.6 Å². The van der Waals surface area contributed by atoms with Gasteiger partial charge in [-0.25, -0.2) is 4.99 Å². The maximum Gasteiger partial charge on any atom is 0.269 e. The number of aliphatic imine (C=N–C) groups is 1. The number of nitrogens with one attached hydrogen (secondary N) is 3. The van der Waals surface area contributed by atoms with Crippen LogP contribution in [0.1, 0.15) is 177 Å². The van der Waals surface area contributed by atoms with E-state index in [0.717, 1.165) is 120 Å². The molecule has 16 rings (SSSR count). The molecule has 0 radical (unpaired) electrons. The Morgan fingerprint density at radius 2 is 0.889 bits per heavy atom. The normalized spacial score (nSPS) is 16.7. The molecule has 11 heterocycles. The van der Waals surface area contributed by atoms with Crippen LogP contribution in [0.15, 0.2) is 131 Å². The number of Topliss-reactive ketones (excluding diaryl/α,β-unsaturated/α-hetero) is 2. The number of rotatable bonds is 18. The average molecular weight is 1930 g/mol. The third-order valence-corrected chi connectivity index (χ3v) is 24.8. The first-order valence-corrected chi connectivity index (χ1v) is 45.5. The highest BCUT2D eigenvalue weighted by Crippen LogP contribution is 2.37. The molecule has 8 N–H and O–H groups in total. The lowest BCUT2D eigenvalue weighted by molar-refractivity contribution is -0.385.